The van der Waals surface area contributed by atoms with Gasteiger partial charge in [-0.15, -0.1) is 23.2 Å². The van der Waals surface area contributed by atoms with Crippen LogP contribution in [0.3, 0.4) is 0 Å². The van der Waals surface area contributed by atoms with E-state index in [1.165, 1.54) is 47.1 Å². The van der Waals surface area contributed by atoms with Gasteiger partial charge >= 0.3 is 11.9 Å². The highest BCUT2D eigenvalue weighted by Gasteiger charge is 2.78. The van der Waals surface area contributed by atoms with Gasteiger partial charge < -0.3 is 20.1 Å². The van der Waals surface area contributed by atoms with E-state index in [9.17, 15) is 26.4 Å². The van der Waals surface area contributed by atoms with Crippen LogP contribution in [0, 0.1) is 0 Å². The Bertz CT molecular complexity index is 2110. The second kappa shape index (κ2) is 13.9. The number of methoxy groups -OCH3 is 2. The molecule has 4 heterocycles. The van der Waals surface area contributed by atoms with Crippen LogP contribution in [0.1, 0.15) is 24.0 Å². The van der Waals surface area contributed by atoms with Crippen molar-refractivity contribution in [2.24, 2.45) is 0 Å². The summed E-state index contributed by atoms with van der Waals surface area (Å²) in [7, 11) is -6.35. The number of carbonyl (C=O) groups is 2. The number of alkyl halides is 2. The number of carbonyl (C=O) groups excluding carboxylic acids is 2. The lowest BCUT2D eigenvalue weighted by Crippen LogP contribution is -2.61. The highest BCUT2D eigenvalue weighted by Crippen LogP contribution is 2.69. The Labute approximate surface area is 318 Å². The van der Waals surface area contributed by atoms with Crippen LogP contribution in [0.5, 0.6) is 0 Å². The Hall–Kier alpha value is -4.18. The summed E-state index contributed by atoms with van der Waals surface area (Å²) in [4.78, 5) is 27.6. The van der Waals surface area contributed by atoms with Crippen molar-refractivity contribution in [2.45, 2.75) is 57.9 Å². The molecule has 0 aromatic heterocycles. The van der Waals surface area contributed by atoms with Crippen LogP contribution in [0.25, 0.3) is 0 Å². The molecule has 4 aliphatic heterocycles. The lowest BCUT2D eigenvalue weighted by atomic mass is 9.54. The van der Waals surface area contributed by atoms with Crippen LogP contribution in [-0.4, -0.2) is 81.4 Å². The fourth-order valence-corrected chi connectivity index (χ4v) is 12.5. The number of hydrogen-bond acceptors (Lipinski definition) is 10. The zero-order valence-corrected chi connectivity index (χ0v) is 31.7. The number of fused-ring (bicyclic) bond motifs is 7. The quantitative estimate of drug-likeness (QED) is 0.192. The Morgan fingerprint density at radius 2 is 0.943 bits per heavy atom. The average molecular weight is 800 g/mol. The number of benzene rings is 4. The number of esters is 2. The molecule has 6 atom stereocenters. The average Bonchev–Trinajstić information content (AvgIpc) is 3.89. The first-order chi connectivity index (χ1) is 25.4. The fourth-order valence-electron chi connectivity index (χ4n) is 9.01. The van der Waals surface area contributed by atoms with Crippen LogP contribution < -0.4 is 10.6 Å². The standard InChI is InChI=1S/C36H34N4O8S2.CH2Cl2/c1-47-31(41)29-21-35(25-17-9-11-19-27(25)37-33(35)39(29)49(43,44)23-13-5-3-6-14-23)36-22-30(32(42)48-2)40(50(45,46)24-15-7-4-8-16-24)34(36)38-28-20-12-10-18-26(28)36;2-1-3/h3-20,29-30,33-34,37-38H,21-22H2,1-2H3;1H2/t29-,30-,33+,34+,35-,36-;/m0./s1. The van der Waals surface area contributed by atoms with E-state index < -0.39 is 67.2 Å². The first-order valence-corrected chi connectivity index (χ1v) is 20.6. The number of para-hydroxylation sites is 2. The molecule has 4 aromatic carbocycles. The highest BCUT2D eigenvalue weighted by atomic mass is 35.5. The van der Waals surface area contributed by atoms with Gasteiger partial charge in [0.2, 0.25) is 20.0 Å². The number of hydrogen-bond donors (Lipinski definition) is 2. The predicted octanol–water partition coefficient (Wildman–Crippen LogP) is 5.06. The summed E-state index contributed by atoms with van der Waals surface area (Å²) < 4.78 is 72.0. The van der Waals surface area contributed by atoms with Gasteiger partial charge in [0, 0.05) is 22.2 Å². The number of rotatable bonds is 7. The normalized spacial score (nSPS) is 27.2. The van der Waals surface area contributed by atoms with Gasteiger partial charge in [-0.3, -0.25) is 9.59 Å². The molecule has 16 heteroatoms. The van der Waals surface area contributed by atoms with Crippen molar-refractivity contribution < 1.29 is 35.9 Å². The molecule has 2 N–H and O–H groups in total. The van der Waals surface area contributed by atoms with Crippen LogP contribution >= 0.6 is 23.2 Å². The third kappa shape index (κ3) is 5.36. The van der Waals surface area contributed by atoms with Crippen molar-refractivity contribution in [3.05, 3.63) is 120 Å². The second-order valence-electron chi connectivity index (χ2n) is 13.0. The summed E-state index contributed by atoms with van der Waals surface area (Å²) in [5, 5.41) is 7.11. The Morgan fingerprint density at radius 1 is 0.623 bits per heavy atom. The van der Waals surface area contributed by atoms with Gasteiger partial charge in [-0.25, -0.2) is 16.8 Å². The van der Waals surface area contributed by atoms with Gasteiger partial charge in [-0.05, 0) is 60.4 Å². The van der Waals surface area contributed by atoms with Crippen molar-refractivity contribution in [1.82, 2.24) is 8.61 Å². The first kappa shape index (κ1) is 37.1. The monoisotopic (exact) mass is 798 g/mol. The number of halogens is 2. The molecule has 0 saturated carbocycles. The second-order valence-corrected chi connectivity index (χ2v) is 17.5. The molecule has 0 radical (unpaired) electrons. The molecular weight excluding hydrogens is 763 g/mol. The van der Waals surface area contributed by atoms with E-state index in [4.69, 9.17) is 32.7 Å². The van der Waals surface area contributed by atoms with Crippen LogP contribution in [0.15, 0.2) is 119 Å². The van der Waals surface area contributed by atoms with Crippen molar-refractivity contribution in [3.8, 4) is 0 Å². The van der Waals surface area contributed by atoms with Crippen molar-refractivity contribution in [1.29, 1.82) is 0 Å². The first-order valence-electron chi connectivity index (χ1n) is 16.6. The third-order valence-electron chi connectivity index (χ3n) is 10.9. The SMILES string of the molecule is COC(=O)[C@@H]1C[C@]2([C@]34C[C@@H](C(=O)OC)N(S(=O)(=O)c5ccccc5)[C@H]3Nc3ccccc34)c3ccccc3N[C@@H]2N1S(=O)(=O)c1ccccc1.ClCCl. The minimum atomic E-state index is -4.39. The van der Waals surface area contributed by atoms with E-state index in [1.807, 2.05) is 48.5 Å². The smallest absolute Gasteiger partial charge is 0.324 e. The van der Waals surface area contributed by atoms with Crippen molar-refractivity contribution >= 4 is 66.6 Å². The Balaban J connectivity index is 0.00000140. The van der Waals surface area contributed by atoms with E-state index in [1.54, 1.807) is 36.4 Å². The molecule has 8 rings (SSSR count). The van der Waals surface area contributed by atoms with Gasteiger partial charge in [0.05, 0.1) is 29.3 Å². The number of nitrogens with zero attached hydrogens (tertiary/aromatic N) is 2. The number of sulfonamides is 2. The van der Waals surface area contributed by atoms with Crippen LogP contribution in [-0.2, 0) is 49.9 Å². The molecule has 278 valence electrons. The molecule has 2 fully saturated rings. The molecule has 4 aliphatic rings. The van der Waals surface area contributed by atoms with Crippen LogP contribution in [0.2, 0.25) is 0 Å². The molecule has 0 aliphatic carbocycles. The summed E-state index contributed by atoms with van der Waals surface area (Å²) in [6, 6.07) is 27.8. The minimum absolute atomic E-state index is 0.0198. The lowest BCUT2D eigenvalue weighted by Gasteiger charge is -2.48. The minimum Gasteiger partial charge on any atom is -0.468 e. The molecule has 0 amide bonds. The Kier molecular flexibility index (Phi) is 9.75. The largest absolute Gasteiger partial charge is 0.468 e. The summed E-state index contributed by atoms with van der Waals surface area (Å²) >= 11 is 9.53. The molecule has 4 aromatic rings. The number of anilines is 2. The van der Waals surface area contributed by atoms with Gasteiger partial charge in [0.25, 0.3) is 0 Å². The zero-order chi connectivity index (χ0) is 37.8. The topological polar surface area (TPSA) is 151 Å². The molecule has 0 unspecified atom stereocenters. The summed E-state index contributed by atoms with van der Waals surface area (Å²) in [5.41, 5.74) is -0.0218. The van der Waals surface area contributed by atoms with E-state index in [-0.39, 0.29) is 28.0 Å². The van der Waals surface area contributed by atoms with Gasteiger partial charge in [-0.1, -0.05) is 72.8 Å². The van der Waals surface area contributed by atoms with Crippen LogP contribution in [0.4, 0.5) is 11.4 Å². The summed E-state index contributed by atoms with van der Waals surface area (Å²) in [6.45, 7) is 0. The number of ether oxygens (including phenoxy) is 2. The maximum Gasteiger partial charge on any atom is 0.324 e. The van der Waals surface area contributed by atoms with E-state index in [0.29, 0.717) is 22.5 Å². The summed E-state index contributed by atoms with van der Waals surface area (Å²) in [6.07, 6.45) is -2.38. The lowest BCUT2D eigenvalue weighted by molar-refractivity contribution is -0.145. The molecule has 2 saturated heterocycles. The van der Waals surface area contributed by atoms with Gasteiger partial charge in [-0.2, -0.15) is 8.61 Å². The van der Waals surface area contributed by atoms with Crippen molar-refractivity contribution in [2.75, 3.05) is 30.2 Å². The van der Waals surface area contributed by atoms with Gasteiger partial charge in [0.1, 0.15) is 24.4 Å². The number of nitrogens with one attached hydrogen (secondary N) is 2. The third-order valence-corrected chi connectivity index (χ3v) is 14.6. The molecule has 12 nitrogen and oxygen atoms in total. The molecule has 0 bridgehead atoms. The van der Waals surface area contributed by atoms with Gasteiger partial charge in [0.15, 0.2) is 0 Å². The van der Waals surface area contributed by atoms with E-state index in [2.05, 4.69) is 10.6 Å². The van der Waals surface area contributed by atoms with Crippen molar-refractivity contribution in [3.63, 3.8) is 0 Å². The molecule has 53 heavy (non-hydrogen) atoms. The predicted molar refractivity (Wildman–Crippen MR) is 199 cm³/mol. The maximum absolute atomic E-state index is 14.8. The summed E-state index contributed by atoms with van der Waals surface area (Å²) in [5.74, 6) is -1.53. The van der Waals surface area contributed by atoms with E-state index in [0.717, 1.165) is 0 Å². The van der Waals surface area contributed by atoms with E-state index >= 15 is 0 Å². The molecule has 0 spiro atoms. The Morgan fingerprint density at radius 3 is 1.28 bits per heavy atom. The molecular formula is C37H36Cl2N4O8S2. The zero-order valence-electron chi connectivity index (χ0n) is 28.6. The highest BCUT2D eigenvalue weighted by molar-refractivity contribution is 7.89. The fraction of sp³-hybridized carbons (Fsp3) is 0.297. The maximum atomic E-state index is 14.8.